The number of pyridine rings is 1. The van der Waals surface area contributed by atoms with Crippen LogP contribution in [0.2, 0.25) is 0 Å². The maximum atomic E-state index is 11.9. The summed E-state index contributed by atoms with van der Waals surface area (Å²) in [6.45, 7) is 3.56. The van der Waals surface area contributed by atoms with Gasteiger partial charge in [-0.15, -0.1) is 0 Å². The molecular formula is C16H20N4O2. The molecule has 0 radical (unpaired) electrons. The first-order valence-electron chi connectivity index (χ1n) is 7.49. The number of methoxy groups -OCH3 is 1. The Labute approximate surface area is 129 Å². The van der Waals surface area contributed by atoms with Crippen LogP contribution in [0.1, 0.15) is 18.2 Å². The minimum atomic E-state index is -0.112. The number of ether oxygens (including phenoxy) is 1. The zero-order valence-electron chi connectivity index (χ0n) is 12.7. The average Bonchev–Trinajstić information content (AvgIpc) is 3.02. The van der Waals surface area contributed by atoms with Crippen molar-refractivity contribution in [2.24, 2.45) is 0 Å². The molecule has 1 aliphatic heterocycles. The van der Waals surface area contributed by atoms with Crippen LogP contribution in [0.15, 0.2) is 35.4 Å². The average molecular weight is 300 g/mol. The number of nitrogens with one attached hydrogen (secondary N) is 1. The Morgan fingerprint density at radius 1 is 1.50 bits per heavy atom. The Morgan fingerprint density at radius 2 is 2.41 bits per heavy atom. The number of aromatic amines is 1. The van der Waals surface area contributed by atoms with Gasteiger partial charge in [-0.2, -0.15) is 0 Å². The predicted octanol–water partition coefficient (Wildman–Crippen LogP) is 1.27. The van der Waals surface area contributed by atoms with Gasteiger partial charge in [-0.05, 0) is 25.1 Å². The summed E-state index contributed by atoms with van der Waals surface area (Å²) in [4.78, 5) is 25.9. The molecule has 6 nitrogen and oxygen atoms in total. The van der Waals surface area contributed by atoms with Crippen LogP contribution in [0.25, 0.3) is 11.3 Å². The molecule has 3 rings (SSSR count). The molecule has 0 aromatic carbocycles. The second kappa shape index (κ2) is 6.81. The van der Waals surface area contributed by atoms with E-state index in [0.717, 1.165) is 44.0 Å². The van der Waals surface area contributed by atoms with E-state index in [4.69, 9.17) is 4.74 Å². The predicted molar refractivity (Wildman–Crippen MR) is 83.8 cm³/mol. The summed E-state index contributed by atoms with van der Waals surface area (Å²) < 4.78 is 5.12. The number of H-pyrrole nitrogens is 1. The molecule has 3 heterocycles. The van der Waals surface area contributed by atoms with Crippen molar-refractivity contribution in [2.75, 3.05) is 33.4 Å². The highest BCUT2D eigenvalue weighted by molar-refractivity contribution is 5.56. The lowest BCUT2D eigenvalue weighted by Crippen LogP contribution is -2.25. The smallest absolute Gasteiger partial charge is 0.251 e. The topological polar surface area (TPSA) is 71.1 Å². The van der Waals surface area contributed by atoms with Crippen molar-refractivity contribution in [3.8, 4) is 11.3 Å². The molecule has 2 aromatic rings. The third kappa shape index (κ3) is 3.40. The highest BCUT2D eigenvalue weighted by Gasteiger charge is 2.25. The van der Waals surface area contributed by atoms with Crippen molar-refractivity contribution in [3.05, 3.63) is 46.8 Å². The molecule has 1 atom stereocenters. The van der Waals surface area contributed by atoms with Crippen LogP contribution in [0.3, 0.4) is 0 Å². The zero-order chi connectivity index (χ0) is 15.4. The number of aromatic nitrogens is 3. The van der Waals surface area contributed by atoms with Crippen LogP contribution in [-0.2, 0) is 4.74 Å². The molecule has 1 N–H and O–H groups in total. The molecule has 1 aliphatic rings. The van der Waals surface area contributed by atoms with Gasteiger partial charge in [0.15, 0.2) is 0 Å². The Bertz CT molecular complexity index is 671. The largest absolute Gasteiger partial charge is 0.383 e. The van der Waals surface area contributed by atoms with Crippen LogP contribution in [0.4, 0.5) is 0 Å². The summed E-state index contributed by atoms with van der Waals surface area (Å²) in [7, 11) is 1.71. The van der Waals surface area contributed by atoms with Gasteiger partial charge in [-0.1, -0.05) is 0 Å². The number of rotatable bonds is 5. The molecule has 0 unspecified atom stereocenters. The van der Waals surface area contributed by atoms with Crippen LogP contribution in [-0.4, -0.2) is 53.2 Å². The lowest BCUT2D eigenvalue weighted by molar-refractivity contribution is 0.160. The van der Waals surface area contributed by atoms with Crippen molar-refractivity contribution in [1.29, 1.82) is 0 Å². The van der Waals surface area contributed by atoms with Crippen LogP contribution in [0, 0.1) is 0 Å². The summed E-state index contributed by atoms with van der Waals surface area (Å²) in [6.07, 6.45) is 4.44. The van der Waals surface area contributed by atoms with E-state index in [1.54, 1.807) is 19.5 Å². The van der Waals surface area contributed by atoms with Gasteiger partial charge in [0.1, 0.15) is 5.82 Å². The van der Waals surface area contributed by atoms with Gasteiger partial charge < -0.3 is 14.6 Å². The van der Waals surface area contributed by atoms with E-state index < -0.39 is 0 Å². The standard InChI is InChI=1S/C16H20N4O2/c1-22-8-7-20-6-4-13(11-20)16-18-14(9-15(21)19-16)12-3-2-5-17-10-12/h2-3,5,9-10,13H,4,6-8,11H2,1H3,(H,18,19,21)/t13-/m0/s1. The Balaban J connectivity index is 1.80. The summed E-state index contributed by atoms with van der Waals surface area (Å²) in [5.41, 5.74) is 1.44. The Morgan fingerprint density at radius 3 is 3.18 bits per heavy atom. The lowest BCUT2D eigenvalue weighted by atomic mass is 10.1. The monoisotopic (exact) mass is 300 g/mol. The molecule has 1 fully saturated rings. The fourth-order valence-electron chi connectivity index (χ4n) is 2.81. The number of likely N-dealkylation sites (tertiary alicyclic amines) is 1. The van der Waals surface area contributed by atoms with Crippen molar-refractivity contribution in [2.45, 2.75) is 12.3 Å². The molecular weight excluding hydrogens is 280 g/mol. The van der Waals surface area contributed by atoms with E-state index in [-0.39, 0.29) is 11.5 Å². The fourth-order valence-corrected chi connectivity index (χ4v) is 2.81. The highest BCUT2D eigenvalue weighted by atomic mass is 16.5. The zero-order valence-corrected chi connectivity index (χ0v) is 12.7. The Hall–Kier alpha value is -2.05. The first kappa shape index (κ1) is 14.9. The molecule has 0 saturated carbocycles. The minimum absolute atomic E-state index is 0.112. The van der Waals surface area contributed by atoms with Gasteiger partial charge in [0.2, 0.25) is 0 Å². The number of hydrogen-bond acceptors (Lipinski definition) is 5. The number of nitrogens with zero attached hydrogens (tertiary/aromatic N) is 3. The summed E-state index contributed by atoms with van der Waals surface area (Å²) in [6, 6.07) is 5.29. The maximum absolute atomic E-state index is 11.9. The van der Waals surface area contributed by atoms with Gasteiger partial charge in [0.25, 0.3) is 5.56 Å². The van der Waals surface area contributed by atoms with Gasteiger partial charge in [0.05, 0.1) is 12.3 Å². The summed E-state index contributed by atoms with van der Waals surface area (Å²) in [5.74, 6) is 1.03. The van der Waals surface area contributed by atoms with Crippen molar-refractivity contribution >= 4 is 0 Å². The van der Waals surface area contributed by atoms with E-state index >= 15 is 0 Å². The first-order valence-corrected chi connectivity index (χ1v) is 7.49. The third-order valence-electron chi connectivity index (χ3n) is 3.99. The molecule has 1 saturated heterocycles. The van der Waals surface area contributed by atoms with E-state index in [1.807, 2.05) is 12.1 Å². The lowest BCUT2D eigenvalue weighted by Gasteiger charge is -2.15. The van der Waals surface area contributed by atoms with Gasteiger partial charge in [0, 0.05) is 50.1 Å². The molecule has 22 heavy (non-hydrogen) atoms. The van der Waals surface area contributed by atoms with E-state index in [2.05, 4.69) is 19.9 Å². The molecule has 6 heteroatoms. The fraction of sp³-hybridized carbons (Fsp3) is 0.438. The highest BCUT2D eigenvalue weighted by Crippen LogP contribution is 2.25. The van der Waals surface area contributed by atoms with Gasteiger partial charge >= 0.3 is 0 Å². The van der Waals surface area contributed by atoms with Crippen LogP contribution in [0.5, 0.6) is 0 Å². The molecule has 0 spiro atoms. The Kier molecular flexibility index (Phi) is 4.60. The third-order valence-corrected chi connectivity index (χ3v) is 3.99. The molecule has 0 aliphatic carbocycles. The van der Waals surface area contributed by atoms with Gasteiger partial charge in [-0.25, -0.2) is 4.98 Å². The maximum Gasteiger partial charge on any atom is 0.251 e. The van der Waals surface area contributed by atoms with Crippen molar-refractivity contribution < 1.29 is 4.74 Å². The SMILES string of the molecule is COCCN1CC[C@H](c2nc(-c3cccnc3)cc(=O)[nH]2)C1. The first-order chi connectivity index (χ1) is 10.8. The van der Waals surface area contributed by atoms with E-state index in [9.17, 15) is 4.79 Å². The molecule has 2 aromatic heterocycles. The van der Waals surface area contributed by atoms with E-state index in [0.29, 0.717) is 5.69 Å². The molecule has 0 bridgehead atoms. The second-order valence-electron chi connectivity index (χ2n) is 5.54. The summed E-state index contributed by atoms with van der Waals surface area (Å²) >= 11 is 0. The van der Waals surface area contributed by atoms with Crippen molar-refractivity contribution in [1.82, 2.24) is 19.9 Å². The van der Waals surface area contributed by atoms with E-state index in [1.165, 1.54) is 6.07 Å². The molecule has 0 amide bonds. The quantitative estimate of drug-likeness (QED) is 0.900. The summed E-state index contributed by atoms with van der Waals surface area (Å²) in [5, 5.41) is 0. The number of hydrogen-bond donors (Lipinski definition) is 1. The minimum Gasteiger partial charge on any atom is -0.383 e. The normalized spacial score (nSPS) is 18.7. The van der Waals surface area contributed by atoms with Crippen molar-refractivity contribution in [3.63, 3.8) is 0 Å². The van der Waals surface area contributed by atoms with Gasteiger partial charge in [-0.3, -0.25) is 9.78 Å². The van der Waals surface area contributed by atoms with Crippen LogP contribution < -0.4 is 5.56 Å². The van der Waals surface area contributed by atoms with Crippen LogP contribution >= 0.6 is 0 Å². The molecule has 116 valence electrons. The second-order valence-corrected chi connectivity index (χ2v) is 5.54.